The van der Waals surface area contributed by atoms with Crippen LogP contribution in [0.4, 0.5) is 0 Å². The van der Waals surface area contributed by atoms with E-state index in [4.69, 9.17) is 0 Å². The van der Waals surface area contributed by atoms with Crippen LogP contribution < -0.4 is 10.6 Å². The van der Waals surface area contributed by atoms with Gasteiger partial charge in [0, 0.05) is 40.3 Å². The fraction of sp³-hybridized carbons (Fsp3) is 0.882. The normalized spacial score (nSPS) is 23.3. The van der Waals surface area contributed by atoms with Crippen LogP contribution in [0.5, 0.6) is 0 Å². The summed E-state index contributed by atoms with van der Waals surface area (Å²) in [5.74, 6) is 1.16. The first-order chi connectivity index (χ1) is 11.1. The number of likely N-dealkylation sites (tertiary alicyclic amines) is 1. The Morgan fingerprint density at radius 3 is 2.61 bits per heavy atom. The van der Waals surface area contributed by atoms with Gasteiger partial charge >= 0.3 is 0 Å². The first-order valence-corrected chi connectivity index (χ1v) is 9.04. The van der Waals surface area contributed by atoms with E-state index in [0.717, 1.165) is 44.9 Å². The Labute approximate surface area is 140 Å². The Morgan fingerprint density at radius 1 is 1.22 bits per heavy atom. The van der Waals surface area contributed by atoms with Crippen molar-refractivity contribution < 1.29 is 4.79 Å². The number of hydrogen-bond donors (Lipinski definition) is 2. The average molecular weight is 323 g/mol. The maximum Gasteiger partial charge on any atom is 0.239 e. The molecule has 2 N–H and O–H groups in total. The molecule has 2 aliphatic rings. The van der Waals surface area contributed by atoms with Gasteiger partial charge in [0.25, 0.3) is 0 Å². The highest BCUT2D eigenvalue weighted by atomic mass is 16.2. The third-order valence-electron chi connectivity index (χ3n) is 4.92. The van der Waals surface area contributed by atoms with Crippen molar-refractivity contribution in [2.24, 2.45) is 4.99 Å². The molecular weight excluding hydrogens is 290 g/mol. The van der Waals surface area contributed by atoms with Crippen molar-refractivity contribution in [2.45, 2.75) is 57.0 Å². The van der Waals surface area contributed by atoms with Crippen molar-refractivity contribution in [3.05, 3.63) is 0 Å². The number of rotatable bonds is 6. The number of carbonyl (C=O) groups is 1. The molecule has 0 aromatic heterocycles. The smallest absolute Gasteiger partial charge is 0.239 e. The maximum absolute atomic E-state index is 12.2. The summed E-state index contributed by atoms with van der Waals surface area (Å²) in [6.07, 6.45) is 8.31. The molecule has 2 fully saturated rings. The first kappa shape index (κ1) is 18.0. The van der Waals surface area contributed by atoms with Crippen molar-refractivity contribution in [1.82, 2.24) is 20.4 Å². The zero-order valence-corrected chi connectivity index (χ0v) is 15.0. The number of hydrogen-bond acceptors (Lipinski definition) is 3. The molecule has 0 aromatic rings. The largest absolute Gasteiger partial charge is 0.356 e. The van der Waals surface area contributed by atoms with Crippen molar-refractivity contribution in [3.63, 3.8) is 0 Å². The lowest BCUT2D eigenvalue weighted by Gasteiger charge is -2.26. The molecule has 6 nitrogen and oxygen atoms in total. The van der Waals surface area contributed by atoms with Crippen LogP contribution in [0, 0.1) is 0 Å². The molecule has 1 amide bonds. The molecule has 23 heavy (non-hydrogen) atoms. The fourth-order valence-electron chi connectivity index (χ4n) is 3.62. The number of guanidine groups is 1. The van der Waals surface area contributed by atoms with Gasteiger partial charge in [-0.15, -0.1) is 0 Å². The van der Waals surface area contributed by atoms with Gasteiger partial charge in [-0.05, 0) is 38.6 Å². The van der Waals surface area contributed by atoms with Gasteiger partial charge in [0.1, 0.15) is 0 Å². The van der Waals surface area contributed by atoms with Crippen molar-refractivity contribution in [3.8, 4) is 0 Å². The monoisotopic (exact) mass is 323 g/mol. The van der Waals surface area contributed by atoms with Crippen LogP contribution in [-0.4, -0.2) is 74.5 Å². The summed E-state index contributed by atoms with van der Waals surface area (Å²) in [5.41, 5.74) is 0. The van der Waals surface area contributed by atoms with Crippen molar-refractivity contribution in [1.29, 1.82) is 0 Å². The summed E-state index contributed by atoms with van der Waals surface area (Å²) in [6, 6.07) is 0.669. The van der Waals surface area contributed by atoms with Gasteiger partial charge in [0.2, 0.25) is 5.91 Å². The molecule has 0 aromatic carbocycles. The van der Waals surface area contributed by atoms with Crippen LogP contribution in [0.25, 0.3) is 0 Å². The van der Waals surface area contributed by atoms with E-state index in [1.165, 1.54) is 25.7 Å². The molecule has 6 heteroatoms. The zero-order chi connectivity index (χ0) is 16.7. The molecule has 1 saturated heterocycles. The van der Waals surface area contributed by atoms with E-state index in [-0.39, 0.29) is 11.9 Å². The maximum atomic E-state index is 12.2. The molecule has 0 radical (unpaired) electrons. The van der Waals surface area contributed by atoms with Crippen LogP contribution >= 0.6 is 0 Å². The second-order valence-electron chi connectivity index (χ2n) is 6.90. The summed E-state index contributed by atoms with van der Waals surface area (Å²) >= 11 is 0. The van der Waals surface area contributed by atoms with E-state index in [9.17, 15) is 4.79 Å². The minimum absolute atomic E-state index is 0.0842. The number of nitrogens with one attached hydrogen (secondary N) is 2. The van der Waals surface area contributed by atoms with E-state index in [1.54, 1.807) is 4.90 Å². The van der Waals surface area contributed by atoms with Gasteiger partial charge in [-0.2, -0.15) is 0 Å². The molecule has 1 atom stereocenters. The third kappa shape index (κ3) is 5.37. The molecular formula is C17H33N5O. The summed E-state index contributed by atoms with van der Waals surface area (Å²) in [5, 5.41) is 6.90. The van der Waals surface area contributed by atoms with Gasteiger partial charge in [-0.25, -0.2) is 0 Å². The second-order valence-corrected chi connectivity index (χ2v) is 6.90. The quantitative estimate of drug-likeness (QED) is 0.436. The molecule has 1 saturated carbocycles. The van der Waals surface area contributed by atoms with Crippen molar-refractivity contribution in [2.75, 3.05) is 40.8 Å². The van der Waals surface area contributed by atoms with Gasteiger partial charge in [0.15, 0.2) is 5.96 Å². The molecule has 1 aliphatic heterocycles. The van der Waals surface area contributed by atoms with Crippen molar-refractivity contribution >= 4 is 11.9 Å². The van der Waals surface area contributed by atoms with Gasteiger partial charge in [0.05, 0.1) is 6.04 Å². The second kappa shape index (κ2) is 9.11. The number of likely N-dealkylation sites (N-methyl/N-ethyl adjacent to an activating group) is 1. The zero-order valence-electron chi connectivity index (χ0n) is 15.0. The number of carbonyl (C=O) groups excluding carboxylic acids is 1. The molecule has 2 rings (SSSR count). The highest BCUT2D eigenvalue weighted by Crippen LogP contribution is 2.19. The van der Waals surface area contributed by atoms with E-state index in [2.05, 4.69) is 20.5 Å². The summed E-state index contributed by atoms with van der Waals surface area (Å²) in [6.45, 7) is 2.91. The van der Waals surface area contributed by atoms with E-state index in [1.807, 2.05) is 21.1 Å². The first-order valence-electron chi connectivity index (χ1n) is 9.04. The minimum atomic E-state index is 0.0842. The lowest BCUT2D eigenvalue weighted by molar-refractivity contribution is -0.133. The van der Waals surface area contributed by atoms with Crippen LogP contribution in [-0.2, 0) is 4.79 Å². The molecule has 132 valence electrons. The van der Waals surface area contributed by atoms with Crippen LogP contribution in [0.15, 0.2) is 4.99 Å². The third-order valence-corrected chi connectivity index (χ3v) is 4.92. The molecule has 1 aliphatic carbocycles. The molecule has 1 heterocycles. The lowest BCUT2D eigenvalue weighted by Crippen LogP contribution is -2.45. The van der Waals surface area contributed by atoms with E-state index < -0.39 is 0 Å². The highest BCUT2D eigenvalue weighted by molar-refractivity contribution is 5.81. The Hall–Kier alpha value is -1.30. The molecule has 0 bridgehead atoms. The number of nitrogens with zero attached hydrogens (tertiary/aromatic N) is 3. The molecule has 1 unspecified atom stereocenters. The Morgan fingerprint density at radius 2 is 1.96 bits per heavy atom. The highest BCUT2D eigenvalue weighted by Gasteiger charge is 2.30. The van der Waals surface area contributed by atoms with Crippen LogP contribution in [0.1, 0.15) is 44.9 Å². The Bertz CT molecular complexity index is 404. The topological polar surface area (TPSA) is 60.0 Å². The minimum Gasteiger partial charge on any atom is -0.356 e. The standard InChI is InChI=1S/C17H33N5O/c1-18-17(20-14-8-4-5-9-14)19-11-7-13-22-12-6-10-15(22)16(23)21(2)3/h14-15H,4-13H2,1-3H3,(H2,18,19,20). The van der Waals surface area contributed by atoms with E-state index >= 15 is 0 Å². The Balaban J connectivity index is 1.66. The number of amides is 1. The van der Waals surface area contributed by atoms with Gasteiger partial charge < -0.3 is 15.5 Å². The SMILES string of the molecule is CN=C(NCCCN1CCCC1C(=O)N(C)C)NC1CCCC1. The summed E-state index contributed by atoms with van der Waals surface area (Å²) < 4.78 is 0. The Kier molecular flexibility index (Phi) is 7.15. The predicted octanol–water partition coefficient (Wildman–Crippen LogP) is 1.04. The van der Waals surface area contributed by atoms with Crippen LogP contribution in [0.3, 0.4) is 0 Å². The number of aliphatic imine (C=N–C) groups is 1. The lowest BCUT2D eigenvalue weighted by atomic mass is 10.2. The van der Waals surface area contributed by atoms with Gasteiger partial charge in [-0.1, -0.05) is 12.8 Å². The molecule has 0 spiro atoms. The summed E-state index contributed by atoms with van der Waals surface area (Å²) in [7, 11) is 5.52. The van der Waals surface area contributed by atoms with Gasteiger partial charge in [-0.3, -0.25) is 14.7 Å². The average Bonchev–Trinajstić information content (AvgIpc) is 3.20. The predicted molar refractivity (Wildman–Crippen MR) is 94.7 cm³/mol. The fourth-order valence-corrected chi connectivity index (χ4v) is 3.62. The van der Waals surface area contributed by atoms with Crippen LogP contribution in [0.2, 0.25) is 0 Å². The summed E-state index contributed by atoms with van der Waals surface area (Å²) in [4.78, 5) is 20.5. The van der Waals surface area contributed by atoms with E-state index in [0.29, 0.717) is 6.04 Å².